The maximum Gasteiger partial charge on any atom is 0.320 e. The van der Waals surface area contributed by atoms with E-state index in [9.17, 15) is 29.7 Å². The van der Waals surface area contributed by atoms with E-state index in [0.717, 1.165) is 72.3 Å². The van der Waals surface area contributed by atoms with E-state index >= 15 is 0 Å². The van der Waals surface area contributed by atoms with Gasteiger partial charge in [0.05, 0.1) is 0 Å². The van der Waals surface area contributed by atoms with Crippen molar-refractivity contribution in [1.82, 2.24) is 14.7 Å². The molecule has 3 aliphatic rings. The molecule has 3 heterocycles. The third kappa shape index (κ3) is 5.14. The van der Waals surface area contributed by atoms with Crippen LogP contribution in [0.2, 0.25) is 0 Å². The Morgan fingerprint density at radius 1 is 0.583 bits per heavy atom. The van der Waals surface area contributed by atoms with Crippen LogP contribution in [0.1, 0.15) is 71.9 Å². The Morgan fingerprint density at radius 2 is 0.833 bits per heavy atom. The molecule has 0 bridgehead atoms. The average molecular weight is 502 g/mol. The summed E-state index contributed by atoms with van der Waals surface area (Å²) in [6.45, 7) is 9.99. The molecule has 198 valence electrons. The van der Waals surface area contributed by atoms with Gasteiger partial charge in [0.2, 0.25) is 0 Å². The van der Waals surface area contributed by atoms with Crippen LogP contribution in [0, 0.1) is 20.8 Å². The lowest BCUT2D eigenvalue weighted by atomic mass is 9.87. The molecular formula is C27H39N3O6. The van der Waals surface area contributed by atoms with Gasteiger partial charge in [-0.3, -0.25) is 29.1 Å². The van der Waals surface area contributed by atoms with E-state index in [1.54, 1.807) is 0 Å². The monoisotopic (exact) mass is 501 g/mol. The Hall–Kier alpha value is -2.49. The molecule has 0 saturated carbocycles. The second kappa shape index (κ2) is 10.9. The summed E-state index contributed by atoms with van der Waals surface area (Å²) in [4.78, 5) is 41.7. The molecule has 1 aromatic rings. The Morgan fingerprint density at radius 3 is 1.06 bits per heavy atom. The van der Waals surface area contributed by atoms with Crippen LogP contribution in [0.3, 0.4) is 0 Å². The lowest BCUT2D eigenvalue weighted by molar-refractivity contribution is -0.143. The second-order valence-corrected chi connectivity index (χ2v) is 10.7. The van der Waals surface area contributed by atoms with Crippen LogP contribution in [0.25, 0.3) is 0 Å². The molecule has 9 nitrogen and oxygen atoms in total. The van der Waals surface area contributed by atoms with Crippen molar-refractivity contribution >= 4 is 17.9 Å². The molecule has 36 heavy (non-hydrogen) atoms. The van der Waals surface area contributed by atoms with E-state index in [0.29, 0.717) is 38.9 Å². The number of hydrogen-bond donors (Lipinski definition) is 3. The lowest BCUT2D eigenvalue weighted by Crippen LogP contribution is -2.38. The van der Waals surface area contributed by atoms with Crippen LogP contribution in [0.5, 0.6) is 0 Å². The molecule has 0 aromatic heterocycles. The Balaban J connectivity index is 1.74. The van der Waals surface area contributed by atoms with E-state index in [4.69, 9.17) is 0 Å². The van der Waals surface area contributed by atoms with Crippen LogP contribution in [0.4, 0.5) is 0 Å². The van der Waals surface area contributed by atoms with Crippen LogP contribution in [-0.4, -0.2) is 85.7 Å². The van der Waals surface area contributed by atoms with Crippen LogP contribution < -0.4 is 0 Å². The first-order valence-corrected chi connectivity index (χ1v) is 13.1. The van der Waals surface area contributed by atoms with Gasteiger partial charge in [0.15, 0.2) is 0 Å². The van der Waals surface area contributed by atoms with Gasteiger partial charge in [-0.1, -0.05) is 0 Å². The molecule has 0 amide bonds. The maximum atomic E-state index is 11.9. The number of benzene rings is 1. The quantitative estimate of drug-likeness (QED) is 0.469. The topological polar surface area (TPSA) is 122 Å². The van der Waals surface area contributed by atoms with Crippen molar-refractivity contribution in [3.05, 3.63) is 33.4 Å². The van der Waals surface area contributed by atoms with Gasteiger partial charge in [-0.05, 0) is 112 Å². The number of carboxylic acids is 3. The number of rotatable bonds is 9. The van der Waals surface area contributed by atoms with Gasteiger partial charge in [0, 0.05) is 19.6 Å². The van der Waals surface area contributed by atoms with Gasteiger partial charge in [-0.25, -0.2) is 0 Å². The highest BCUT2D eigenvalue weighted by Crippen LogP contribution is 2.34. The van der Waals surface area contributed by atoms with E-state index in [1.165, 1.54) is 0 Å². The van der Waals surface area contributed by atoms with Gasteiger partial charge in [0.25, 0.3) is 0 Å². The molecule has 3 fully saturated rings. The molecule has 3 saturated heterocycles. The van der Waals surface area contributed by atoms with Crippen molar-refractivity contribution in [3.63, 3.8) is 0 Å². The number of likely N-dealkylation sites (tertiary alicyclic amines) is 3. The molecule has 1 aromatic carbocycles. The van der Waals surface area contributed by atoms with Gasteiger partial charge in [-0.15, -0.1) is 0 Å². The number of nitrogens with zero attached hydrogens (tertiary/aromatic N) is 3. The summed E-state index contributed by atoms with van der Waals surface area (Å²) in [5, 5.41) is 29.2. The third-order valence-corrected chi connectivity index (χ3v) is 8.75. The summed E-state index contributed by atoms with van der Waals surface area (Å²) >= 11 is 0. The normalized spacial score (nSPS) is 25.6. The highest BCUT2D eigenvalue weighted by atomic mass is 16.4. The molecular weight excluding hydrogens is 462 g/mol. The van der Waals surface area contributed by atoms with Gasteiger partial charge in [0.1, 0.15) is 18.1 Å². The minimum absolute atomic E-state index is 0.498. The SMILES string of the molecule is Cc1c(CN2CCC[C@H]2C(=O)O)c(C)c(CN2CCC[C@H]2C(=O)O)c(C)c1CN1CCC[C@H]1C(=O)O. The summed E-state index contributed by atoms with van der Waals surface area (Å²) < 4.78 is 0. The van der Waals surface area contributed by atoms with Gasteiger partial charge < -0.3 is 15.3 Å². The zero-order chi connectivity index (χ0) is 26.1. The van der Waals surface area contributed by atoms with E-state index in [1.807, 2.05) is 14.7 Å². The molecule has 0 spiro atoms. The minimum atomic E-state index is -0.793. The van der Waals surface area contributed by atoms with E-state index < -0.39 is 36.0 Å². The number of hydrogen-bond acceptors (Lipinski definition) is 6. The number of aliphatic carboxylic acids is 3. The fourth-order valence-electron chi connectivity index (χ4n) is 6.60. The predicted molar refractivity (Wildman–Crippen MR) is 134 cm³/mol. The fourth-order valence-corrected chi connectivity index (χ4v) is 6.60. The largest absolute Gasteiger partial charge is 0.480 e. The molecule has 4 rings (SSSR count). The Labute approximate surface area is 212 Å². The zero-order valence-corrected chi connectivity index (χ0v) is 21.6. The van der Waals surface area contributed by atoms with Gasteiger partial charge >= 0.3 is 17.9 Å². The van der Waals surface area contributed by atoms with Crippen molar-refractivity contribution in [1.29, 1.82) is 0 Å². The highest BCUT2D eigenvalue weighted by molar-refractivity contribution is 5.75. The number of carbonyl (C=O) groups is 3. The first-order chi connectivity index (χ1) is 17.1. The van der Waals surface area contributed by atoms with Crippen molar-refractivity contribution in [2.24, 2.45) is 0 Å². The molecule has 9 heteroatoms. The Bertz CT molecular complexity index is 891. The molecule has 0 radical (unpaired) electrons. The van der Waals surface area contributed by atoms with Crippen LogP contribution >= 0.6 is 0 Å². The summed E-state index contributed by atoms with van der Waals surface area (Å²) in [6, 6.07) is -1.49. The minimum Gasteiger partial charge on any atom is -0.480 e. The molecule has 3 aliphatic heterocycles. The summed E-state index contributed by atoms with van der Waals surface area (Å²) in [5.74, 6) is -2.38. The van der Waals surface area contributed by atoms with Crippen LogP contribution in [0.15, 0.2) is 0 Å². The van der Waals surface area contributed by atoms with E-state index in [2.05, 4.69) is 20.8 Å². The van der Waals surface area contributed by atoms with E-state index in [-0.39, 0.29) is 0 Å². The average Bonchev–Trinajstić information content (AvgIpc) is 3.57. The third-order valence-electron chi connectivity index (χ3n) is 8.75. The first kappa shape index (κ1) is 26.6. The molecule has 0 unspecified atom stereocenters. The summed E-state index contributed by atoms with van der Waals surface area (Å²) in [6.07, 6.45) is 4.47. The maximum absolute atomic E-state index is 11.9. The highest BCUT2D eigenvalue weighted by Gasteiger charge is 2.35. The molecule has 0 aliphatic carbocycles. The van der Waals surface area contributed by atoms with Crippen LogP contribution in [-0.2, 0) is 34.0 Å². The van der Waals surface area contributed by atoms with Crippen molar-refractivity contribution in [2.45, 2.75) is 97.1 Å². The van der Waals surface area contributed by atoms with Crippen molar-refractivity contribution in [3.8, 4) is 0 Å². The molecule has 3 N–H and O–H groups in total. The Kier molecular flexibility index (Phi) is 8.02. The smallest absolute Gasteiger partial charge is 0.320 e. The summed E-state index contributed by atoms with van der Waals surface area (Å²) in [5.41, 5.74) is 6.56. The zero-order valence-electron chi connectivity index (χ0n) is 21.6. The summed E-state index contributed by atoms with van der Waals surface area (Å²) in [7, 11) is 0. The van der Waals surface area contributed by atoms with Crippen molar-refractivity contribution < 1.29 is 29.7 Å². The standard InChI is InChI=1S/C27H39N3O6/c1-16-19(13-28-10-4-7-22(28)25(31)32)17(2)21(15-30-12-6-9-24(30)27(35)36)18(3)20(16)14-29-11-5-8-23(29)26(33)34/h22-24H,4-15H2,1-3H3,(H,31,32)(H,33,34)(H,35,36)/t22-,23-,24-/m0/s1. The predicted octanol–water partition coefficient (Wildman–Crippen LogP) is 2.76. The first-order valence-electron chi connectivity index (χ1n) is 13.1. The lowest BCUT2D eigenvalue weighted by Gasteiger charge is -2.31. The molecule has 3 atom stereocenters. The fraction of sp³-hybridized carbons (Fsp3) is 0.667. The number of carboxylic acid groups (broad SMARTS) is 3. The second-order valence-electron chi connectivity index (χ2n) is 10.7. The van der Waals surface area contributed by atoms with Gasteiger partial charge in [-0.2, -0.15) is 0 Å². The van der Waals surface area contributed by atoms with Crippen molar-refractivity contribution in [2.75, 3.05) is 19.6 Å².